The van der Waals surface area contributed by atoms with Crippen LogP contribution in [0.25, 0.3) is 36.7 Å². The number of hydrogen-bond acceptors (Lipinski definition) is 4. The van der Waals surface area contributed by atoms with E-state index in [9.17, 15) is 9.59 Å². The fourth-order valence-electron chi connectivity index (χ4n) is 3.96. The Morgan fingerprint density at radius 2 is 1.32 bits per heavy atom. The number of hydrogen-bond donors (Lipinski definition) is 0. The van der Waals surface area contributed by atoms with Crippen LogP contribution in [0, 0.1) is 0 Å². The second-order valence-corrected chi connectivity index (χ2v) is 10.1. The normalized spacial score (nSPS) is 13.4. The SMILES string of the molecule is O=C1C(=Cc2cc3sc(-c4ccc(Cl)cc4)cc3s2)C(=O)c2cc3ccccc3cc21. The molecule has 0 atom stereocenters. The number of rotatable bonds is 2. The van der Waals surface area contributed by atoms with Gasteiger partial charge in [0.25, 0.3) is 0 Å². The topological polar surface area (TPSA) is 34.1 Å². The van der Waals surface area contributed by atoms with E-state index in [1.54, 1.807) is 28.7 Å². The Labute approximate surface area is 191 Å². The zero-order valence-corrected chi connectivity index (χ0v) is 18.4. The predicted octanol–water partition coefficient (Wildman–Crippen LogP) is 7.90. The molecule has 31 heavy (non-hydrogen) atoms. The molecule has 0 spiro atoms. The van der Waals surface area contributed by atoms with Crippen molar-refractivity contribution >= 4 is 72.1 Å². The van der Waals surface area contributed by atoms with Gasteiger partial charge >= 0.3 is 0 Å². The summed E-state index contributed by atoms with van der Waals surface area (Å²) in [6, 6.07) is 23.4. The Hall–Kier alpha value is -3.05. The quantitative estimate of drug-likeness (QED) is 0.200. The van der Waals surface area contributed by atoms with Crippen LogP contribution in [-0.2, 0) is 0 Å². The number of Topliss-reactive ketones (excluding diaryl/α,β-unsaturated/α-hetero) is 2. The average molecular weight is 457 g/mol. The molecule has 1 aliphatic carbocycles. The molecule has 5 aromatic rings. The van der Waals surface area contributed by atoms with Crippen LogP contribution in [0.4, 0.5) is 0 Å². The molecule has 0 aliphatic heterocycles. The van der Waals surface area contributed by atoms with Crippen LogP contribution in [0.1, 0.15) is 25.6 Å². The number of thiophene rings is 2. The van der Waals surface area contributed by atoms with Crippen molar-refractivity contribution in [3.05, 3.63) is 99.4 Å². The van der Waals surface area contributed by atoms with Gasteiger partial charge in [-0.15, -0.1) is 22.7 Å². The number of fused-ring (bicyclic) bond motifs is 3. The van der Waals surface area contributed by atoms with E-state index < -0.39 is 0 Å². The van der Waals surface area contributed by atoms with Crippen LogP contribution < -0.4 is 0 Å². The summed E-state index contributed by atoms with van der Waals surface area (Å²) in [5.41, 5.74) is 2.37. The van der Waals surface area contributed by atoms with Crippen LogP contribution in [-0.4, -0.2) is 11.6 Å². The molecule has 0 radical (unpaired) electrons. The van der Waals surface area contributed by atoms with E-state index in [4.69, 9.17) is 11.6 Å². The fraction of sp³-hybridized carbons (Fsp3) is 0. The van der Waals surface area contributed by atoms with Gasteiger partial charge in [0.05, 0.1) is 5.57 Å². The monoisotopic (exact) mass is 456 g/mol. The van der Waals surface area contributed by atoms with Crippen molar-refractivity contribution in [2.24, 2.45) is 0 Å². The van der Waals surface area contributed by atoms with Crippen LogP contribution in [0.2, 0.25) is 5.02 Å². The minimum Gasteiger partial charge on any atom is -0.288 e. The van der Waals surface area contributed by atoms with Crippen LogP contribution >= 0.6 is 34.3 Å². The van der Waals surface area contributed by atoms with E-state index in [2.05, 4.69) is 12.1 Å². The predicted molar refractivity (Wildman–Crippen MR) is 131 cm³/mol. The van der Waals surface area contributed by atoms with Gasteiger partial charge in [0.1, 0.15) is 0 Å². The molecule has 2 nitrogen and oxygen atoms in total. The van der Waals surface area contributed by atoms with Crippen molar-refractivity contribution in [2.45, 2.75) is 0 Å². The molecule has 3 aromatic carbocycles. The molecule has 0 bridgehead atoms. The third-order valence-electron chi connectivity index (χ3n) is 5.51. The van der Waals surface area contributed by atoms with Gasteiger partial charge in [-0.25, -0.2) is 0 Å². The molecule has 0 unspecified atom stereocenters. The number of ketones is 2. The van der Waals surface area contributed by atoms with Crippen LogP contribution in [0.3, 0.4) is 0 Å². The number of allylic oxidation sites excluding steroid dienone is 1. The van der Waals surface area contributed by atoms with E-state index in [1.807, 2.05) is 60.7 Å². The Bertz CT molecular complexity index is 1480. The molecule has 2 aromatic heterocycles. The van der Waals surface area contributed by atoms with Crippen molar-refractivity contribution in [2.75, 3.05) is 0 Å². The maximum atomic E-state index is 13.0. The molecule has 6 rings (SSSR count). The lowest BCUT2D eigenvalue weighted by molar-refractivity contribution is 0.0990. The van der Waals surface area contributed by atoms with E-state index in [0.717, 1.165) is 35.6 Å². The lowest BCUT2D eigenvalue weighted by Crippen LogP contribution is -1.99. The van der Waals surface area contributed by atoms with Crippen molar-refractivity contribution in [3.63, 3.8) is 0 Å². The molecule has 148 valence electrons. The van der Waals surface area contributed by atoms with E-state index in [1.165, 1.54) is 4.88 Å². The molecule has 0 saturated heterocycles. The van der Waals surface area contributed by atoms with Gasteiger partial charge in [0.2, 0.25) is 0 Å². The first-order valence-corrected chi connectivity index (χ1v) is 11.7. The van der Waals surface area contributed by atoms with Crippen molar-refractivity contribution in [1.29, 1.82) is 0 Å². The second kappa shape index (κ2) is 6.99. The van der Waals surface area contributed by atoms with Crippen molar-refractivity contribution in [3.8, 4) is 10.4 Å². The number of carbonyl (C=O) groups is 2. The number of benzene rings is 3. The van der Waals surface area contributed by atoms with Gasteiger partial charge in [-0.3, -0.25) is 9.59 Å². The van der Waals surface area contributed by atoms with Crippen molar-refractivity contribution < 1.29 is 9.59 Å². The lowest BCUT2D eigenvalue weighted by atomic mass is 10.0. The molecule has 1 aliphatic rings. The molecule has 0 fully saturated rings. The summed E-state index contributed by atoms with van der Waals surface area (Å²) in [7, 11) is 0. The first kappa shape index (κ1) is 18.7. The summed E-state index contributed by atoms with van der Waals surface area (Å²) < 4.78 is 2.28. The van der Waals surface area contributed by atoms with Gasteiger partial charge in [-0.1, -0.05) is 48.0 Å². The Kier molecular flexibility index (Phi) is 4.22. The Balaban J connectivity index is 1.38. The zero-order chi connectivity index (χ0) is 21.1. The molecule has 0 N–H and O–H groups in total. The van der Waals surface area contributed by atoms with Crippen molar-refractivity contribution in [1.82, 2.24) is 0 Å². The highest BCUT2D eigenvalue weighted by Gasteiger charge is 2.33. The summed E-state index contributed by atoms with van der Waals surface area (Å²) in [5, 5.41) is 2.65. The third kappa shape index (κ3) is 3.07. The van der Waals surface area contributed by atoms with Gasteiger partial charge in [-0.2, -0.15) is 0 Å². The molecular formula is C26H13ClO2S2. The molecular weight excluding hydrogens is 444 g/mol. The summed E-state index contributed by atoms with van der Waals surface area (Å²) in [5.74, 6) is -0.381. The van der Waals surface area contributed by atoms with Gasteiger partial charge < -0.3 is 0 Å². The highest BCUT2D eigenvalue weighted by atomic mass is 35.5. The average Bonchev–Trinajstić information content (AvgIpc) is 3.40. The summed E-state index contributed by atoms with van der Waals surface area (Å²) >= 11 is 9.28. The Morgan fingerprint density at radius 1 is 0.710 bits per heavy atom. The molecule has 0 amide bonds. The lowest BCUT2D eigenvalue weighted by Gasteiger charge is -2.00. The summed E-state index contributed by atoms with van der Waals surface area (Å²) in [4.78, 5) is 28.1. The first-order valence-electron chi connectivity index (χ1n) is 9.70. The maximum Gasteiger partial charge on any atom is 0.197 e. The summed E-state index contributed by atoms with van der Waals surface area (Å²) in [6.07, 6.45) is 1.74. The van der Waals surface area contributed by atoms with Crippen LogP contribution in [0.15, 0.2) is 78.4 Å². The minimum absolute atomic E-state index is 0.190. The minimum atomic E-state index is -0.190. The highest BCUT2D eigenvalue weighted by molar-refractivity contribution is 7.29. The third-order valence-corrected chi connectivity index (χ3v) is 8.05. The van der Waals surface area contributed by atoms with Gasteiger partial charge in [0, 0.05) is 35.3 Å². The molecule has 0 saturated carbocycles. The number of carbonyl (C=O) groups excluding carboxylic acids is 2. The fourth-order valence-corrected chi connectivity index (χ4v) is 6.45. The van der Waals surface area contributed by atoms with Crippen LogP contribution in [0.5, 0.6) is 0 Å². The molecule has 5 heteroatoms. The second-order valence-electron chi connectivity index (χ2n) is 7.46. The standard InChI is InChI=1S/C26H13ClO2S2/c27-17-7-5-14(6-8-17)22-13-24-23(31-22)12-18(30-24)11-21-25(28)19-9-15-3-1-2-4-16(15)10-20(19)26(21)29/h1-13H. The van der Waals surface area contributed by atoms with E-state index in [0.29, 0.717) is 11.1 Å². The van der Waals surface area contributed by atoms with Gasteiger partial charge in [-0.05, 0) is 58.8 Å². The maximum absolute atomic E-state index is 13.0. The van der Waals surface area contributed by atoms with E-state index in [-0.39, 0.29) is 17.1 Å². The first-order chi connectivity index (χ1) is 15.1. The highest BCUT2D eigenvalue weighted by Crippen LogP contribution is 2.40. The number of halogens is 1. The largest absolute Gasteiger partial charge is 0.288 e. The van der Waals surface area contributed by atoms with E-state index >= 15 is 0 Å². The smallest absolute Gasteiger partial charge is 0.197 e. The molecule has 2 heterocycles. The Morgan fingerprint density at radius 3 is 1.94 bits per heavy atom. The van der Waals surface area contributed by atoms with Gasteiger partial charge in [0.15, 0.2) is 11.6 Å². The summed E-state index contributed by atoms with van der Waals surface area (Å²) in [6.45, 7) is 0. The zero-order valence-electron chi connectivity index (χ0n) is 16.0.